The lowest BCUT2D eigenvalue weighted by molar-refractivity contribution is 0.329. The van der Waals surface area contributed by atoms with Gasteiger partial charge in [0.1, 0.15) is 13.2 Å². The Kier molecular flexibility index (Phi) is 1.94. The first kappa shape index (κ1) is 8.52. The maximum Gasteiger partial charge on any atom is 0.253 e. The van der Waals surface area contributed by atoms with Crippen molar-refractivity contribution in [2.75, 3.05) is 26.3 Å². The number of hydrogen-bond donors (Lipinski definition) is 0. The molecule has 78 valence electrons. The third-order valence-electron chi connectivity index (χ3n) is 2.20. The lowest BCUT2D eigenvalue weighted by atomic mass is 10.4. The smallest absolute Gasteiger partial charge is 0.253 e. The summed E-state index contributed by atoms with van der Waals surface area (Å²) in [5.74, 6) is 2.42. The third kappa shape index (κ3) is 1.49. The fraction of sp³-hybridized carbons (Fsp3) is 0.400. The van der Waals surface area contributed by atoms with Gasteiger partial charge in [-0.25, -0.2) is 9.98 Å². The van der Waals surface area contributed by atoms with Crippen LogP contribution in [0.3, 0.4) is 0 Å². The van der Waals surface area contributed by atoms with E-state index < -0.39 is 0 Å². The second-order valence-corrected chi connectivity index (χ2v) is 3.23. The lowest BCUT2D eigenvalue weighted by Gasteiger charge is -1.97. The fourth-order valence-electron chi connectivity index (χ4n) is 1.54. The Morgan fingerprint density at radius 3 is 1.80 bits per heavy atom. The van der Waals surface area contributed by atoms with Crippen molar-refractivity contribution < 1.29 is 13.9 Å². The van der Waals surface area contributed by atoms with Crippen LogP contribution in [0.5, 0.6) is 0 Å². The highest BCUT2D eigenvalue weighted by molar-refractivity contribution is 5.96. The van der Waals surface area contributed by atoms with Crippen LogP contribution in [0.2, 0.25) is 0 Å². The third-order valence-corrected chi connectivity index (χ3v) is 2.20. The Labute approximate surface area is 86.4 Å². The van der Waals surface area contributed by atoms with Crippen LogP contribution in [0.4, 0.5) is 0 Å². The van der Waals surface area contributed by atoms with Crippen molar-refractivity contribution in [2.45, 2.75) is 0 Å². The van der Waals surface area contributed by atoms with Crippen molar-refractivity contribution in [2.24, 2.45) is 9.98 Å². The lowest BCUT2D eigenvalue weighted by Crippen LogP contribution is -2.01. The predicted octanol–water partition coefficient (Wildman–Crippen LogP) is 0.833. The summed E-state index contributed by atoms with van der Waals surface area (Å²) in [5, 5.41) is 0. The minimum Gasteiger partial charge on any atom is -0.473 e. The minimum absolute atomic E-state index is 0.569. The molecule has 0 aliphatic carbocycles. The van der Waals surface area contributed by atoms with Crippen LogP contribution in [0.1, 0.15) is 11.5 Å². The second-order valence-electron chi connectivity index (χ2n) is 3.23. The molecule has 2 aliphatic heterocycles. The molecular weight excluding hydrogens is 196 g/mol. The zero-order valence-corrected chi connectivity index (χ0v) is 8.10. The topological polar surface area (TPSA) is 56.3 Å². The van der Waals surface area contributed by atoms with E-state index >= 15 is 0 Å². The maximum absolute atomic E-state index is 5.54. The summed E-state index contributed by atoms with van der Waals surface area (Å²) < 4.78 is 16.1. The molecule has 2 aliphatic rings. The summed E-state index contributed by atoms with van der Waals surface area (Å²) in [7, 11) is 0. The van der Waals surface area contributed by atoms with E-state index in [0.717, 1.165) is 0 Å². The molecule has 0 bridgehead atoms. The number of hydrogen-bond acceptors (Lipinski definition) is 5. The Morgan fingerprint density at radius 1 is 0.867 bits per heavy atom. The van der Waals surface area contributed by atoms with E-state index in [4.69, 9.17) is 13.9 Å². The molecular formula is C10H10N2O3. The van der Waals surface area contributed by atoms with Gasteiger partial charge in [0, 0.05) is 0 Å². The largest absolute Gasteiger partial charge is 0.473 e. The number of furan rings is 1. The van der Waals surface area contributed by atoms with E-state index in [0.29, 0.717) is 49.6 Å². The van der Waals surface area contributed by atoms with Crippen LogP contribution < -0.4 is 0 Å². The summed E-state index contributed by atoms with van der Waals surface area (Å²) >= 11 is 0. The van der Waals surface area contributed by atoms with Gasteiger partial charge in [-0.1, -0.05) is 0 Å². The highest BCUT2D eigenvalue weighted by Gasteiger charge is 2.19. The number of aliphatic imine (C=N–C) groups is 2. The van der Waals surface area contributed by atoms with Gasteiger partial charge in [-0.05, 0) is 12.1 Å². The standard InChI is InChI=1S/C10H10N2O3/c1-2-8(10-12-4-6-14-10)15-7(1)9-11-3-5-13-9/h1-2H,3-6H2. The van der Waals surface area contributed by atoms with Crippen LogP contribution in [-0.4, -0.2) is 38.1 Å². The average Bonchev–Trinajstić information content (AvgIpc) is 3.02. The molecule has 15 heavy (non-hydrogen) atoms. The van der Waals surface area contributed by atoms with E-state index in [1.807, 2.05) is 12.1 Å². The van der Waals surface area contributed by atoms with Gasteiger partial charge in [0.15, 0.2) is 11.5 Å². The van der Waals surface area contributed by atoms with Gasteiger partial charge in [0.25, 0.3) is 11.8 Å². The molecule has 5 nitrogen and oxygen atoms in total. The van der Waals surface area contributed by atoms with Gasteiger partial charge in [0.05, 0.1) is 13.1 Å². The molecule has 0 amide bonds. The Bertz CT molecular complexity index is 395. The van der Waals surface area contributed by atoms with Gasteiger partial charge in [-0.3, -0.25) is 0 Å². The van der Waals surface area contributed by atoms with Crippen molar-refractivity contribution in [1.82, 2.24) is 0 Å². The predicted molar refractivity (Wildman–Crippen MR) is 53.4 cm³/mol. The highest BCUT2D eigenvalue weighted by Crippen LogP contribution is 2.15. The van der Waals surface area contributed by atoms with Crippen LogP contribution in [0.25, 0.3) is 0 Å². The van der Waals surface area contributed by atoms with E-state index in [1.165, 1.54) is 0 Å². The van der Waals surface area contributed by atoms with Gasteiger partial charge in [-0.15, -0.1) is 0 Å². The maximum atomic E-state index is 5.54. The summed E-state index contributed by atoms with van der Waals surface area (Å²) in [5.41, 5.74) is 0. The molecule has 0 unspecified atom stereocenters. The average molecular weight is 206 g/mol. The van der Waals surface area contributed by atoms with Crippen molar-refractivity contribution in [1.29, 1.82) is 0 Å². The molecule has 0 N–H and O–H groups in total. The van der Waals surface area contributed by atoms with Gasteiger partial charge < -0.3 is 13.9 Å². The molecule has 0 fully saturated rings. The van der Waals surface area contributed by atoms with Gasteiger partial charge in [-0.2, -0.15) is 0 Å². The van der Waals surface area contributed by atoms with Crippen LogP contribution in [0.15, 0.2) is 26.5 Å². The van der Waals surface area contributed by atoms with Crippen molar-refractivity contribution in [3.05, 3.63) is 23.7 Å². The van der Waals surface area contributed by atoms with Gasteiger partial charge in [0.2, 0.25) is 0 Å². The molecule has 0 spiro atoms. The Hall–Kier alpha value is -1.78. The molecule has 0 saturated carbocycles. The molecule has 0 radical (unpaired) electrons. The number of ether oxygens (including phenoxy) is 2. The quantitative estimate of drug-likeness (QED) is 0.720. The van der Waals surface area contributed by atoms with E-state index in [-0.39, 0.29) is 0 Å². The van der Waals surface area contributed by atoms with Gasteiger partial charge >= 0.3 is 0 Å². The summed E-state index contributed by atoms with van der Waals surface area (Å²) in [6, 6.07) is 3.65. The monoisotopic (exact) mass is 206 g/mol. The molecule has 0 saturated heterocycles. The normalized spacial score (nSPS) is 19.5. The van der Waals surface area contributed by atoms with Crippen LogP contribution in [0, 0.1) is 0 Å². The molecule has 1 aromatic heterocycles. The Balaban J connectivity index is 1.87. The van der Waals surface area contributed by atoms with Crippen molar-refractivity contribution >= 4 is 11.8 Å². The van der Waals surface area contributed by atoms with Crippen molar-refractivity contribution in [3.8, 4) is 0 Å². The first-order valence-corrected chi connectivity index (χ1v) is 4.88. The summed E-state index contributed by atoms with van der Waals surface area (Å²) in [6.07, 6.45) is 0. The first-order valence-electron chi connectivity index (χ1n) is 4.88. The van der Waals surface area contributed by atoms with E-state index in [2.05, 4.69) is 9.98 Å². The molecule has 5 heteroatoms. The summed E-state index contributed by atoms with van der Waals surface area (Å²) in [4.78, 5) is 8.33. The first-order chi connectivity index (χ1) is 7.43. The molecule has 1 aromatic rings. The number of rotatable bonds is 2. The zero-order chi connectivity index (χ0) is 10.1. The van der Waals surface area contributed by atoms with Crippen molar-refractivity contribution in [3.63, 3.8) is 0 Å². The second kappa shape index (κ2) is 3.42. The zero-order valence-electron chi connectivity index (χ0n) is 8.10. The van der Waals surface area contributed by atoms with E-state index in [1.54, 1.807) is 0 Å². The molecule has 0 atom stereocenters. The molecule has 3 heterocycles. The van der Waals surface area contributed by atoms with Crippen LogP contribution >= 0.6 is 0 Å². The minimum atomic E-state index is 0.569. The van der Waals surface area contributed by atoms with Crippen LogP contribution in [-0.2, 0) is 9.47 Å². The fourth-order valence-corrected chi connectivity index (χ4v) is 1.54. The highest BCUT2D eigenvalue weighted by atomic mass is 16.5. The molecule has 3 rings (SSSR count). The number of nitrogens with zero attached hydrogens (tertiary/aromatic N) is 2. The SMILES string of the molecule is c1cc(C2=NCCO2)oc1C1=NCCO1. The Morgan fingerprint density at radius 2 is 1.40 bits per heavy atom. The van der Waals surface area contributed by atoms with E-state index in [9.17, 15) is 0 Å². The summed E-state index contributed by atoms with van der Waals surface area (Å²) in [6.45, 7) is 2.65. The molecule has 0 aromatic carbocycles.